The van der Waals surface area contributed by atoms with Crippen LogP contribution in [-0.2, 0) is 27.5 Å². The minimum atomic E-state index is 0. The third-order valence-corrected chi connectivity index (χ3v) is 10.8. The first-order valence-corrected chi connectivity index (χ1v) is 16.8. The summed E-state index contributed by atoms with van der Waals surface area (Å²) in [6.45, 7) is 30.7. The van der Waals surface area contributed by atoms with Crippen LogP contribution in [0.1, 0.15) is 141 Å². The normalized spacial score (nSPS) is 12.7. The molecule has 3 aromatic carbocycles. The molecule has 0 amide bonds. The van der Waals surface area contributed by atoms with E-state index in [9.17, 15) is 0 Å². The molecular formula is C44H56W. The van der Waals surface area contributed by atoms with E-state index < -0.39 is 0 Å². The average Bonchev–Trinajstić information content (AvgIpc) is 3.02. The maximum atomic E-state index is 3.58. The fourth-order valence-corrected chi connectivity index (χ4v) is 6.76. The van der Waals surface area contributed by atoms with E-state index in [4.69, 9.17) is 0 Å². The maximum absolute atomic E-state index is 3.58. The third-order valence-electron chi connectivity index (χ3n) is 10.8. The van der Waals surface area contributed by atoms with Crippen molar-refractivity contribution in [1.82, 2.24) is 0 Å². The van der Waals surface area contributed by atoms with Crippen LogP contribution in [-0.4, -0.2) is 0 Å². The van der Waals surface area contributed by atoms with Crippen LogP contribution in [0.15, 0.2) is 0 Å². The van der Waals surface area contributed by atoms with Crippen LogP contribution in [0.5, 0.6) is 0 Å². The second-order valence-corrected chi connectivity index (χ2v) is 13.2. The molecule has 1 heteroatoms. The summed E-state index contributed by atoms with van der Waals surface area (Å²) in [5.74, 6) is 15.3. The molecule has 1 aliphatic carbocycles. The Labute approximate surface area is 291 Å². The van der Waals surface area contributed by atoms with Gasteiger partial charge in [-0.2, -0.15) is 30.0 Å². The van der Waals surface area contributed by atoms with Crippen LogP contribution >= 0.6 is 0 Å². The van der Waals surface area contributed by atoms with Crippen molar-refractivity contribution in [2.24, 2.45) is 5.92 Å². The summed E-state index contributed by atoms with van der Waals surface area (Å²) >= 11 is 0. The molecule has 1 aliphatic rings. The van der Waals surface area contributed by atoms with E-state index in [2.05, 4.69) is 133 Å². The predicted octanol–water partition coefficient (Wildman–Crippen LogP) is 11.3. The van der Waals surface area contributed by atoms with Crippen LogP contribution in [0.3, 0.4) is 0 Å². The Morgan fingerprint density at radius 3 is 1.11 bits per heavy atom. The summed E-state index contributed by atoms with van der Waals surface area (Å²) in [7, 11) is 0. The van der Waals surface area contributed by atoms with Crippen molar-refractivity contribution in [1.29, 1.82) is 0 Å². The van der Waals surface area contributed by atoms with Gasteiger partial charge in [-0.1, -0.05) is 90.1 Å². The largest absolute Gasteiger partial charge is 2.00 e. The summed E-state index contributed by atoms with van der Waals surface area (Å²) in [4.78, 5) is 0. The van der Waals surface area contributed by atoms with Gasteiger partial charge in [0.25, 0.3) is 0 Å². The molecule has 0 nitrogen and oxygen atoms in total. The molecule has 1 fully saturated rings. The summed E-state index contributed by atoms with van der Waals surface area (Å²) < 4.78 is 0. The van der Waals surface area contributed by atoms with Gasteiger partial charge in [0.2, 0.25) is 0 Å². The molecule has 0 spiro atoms. The smallest absolute Gasteiger partial charge is 0.328 e. The number of rotatable bonds is 2. The van der Waals surface area contributed by atoms with Crippen LogP contribution in [0, 0.1) is 125 Å². The Morgan fingerprint density at radius 2 is 0.822 bits per heavy atom. The average molecular weight is 769 g/mol. The maximum Gasteiger partial charge on any atom is 2.00 e. The summed E-state index contributed by atoms with van der Waals surface area (Å²) in [5.41, 5.74) is 21.1. The fourth-order valence-electron chi connectivity index (χ4n) is 6.76. The van der Waals surface area contributed by atoms with E-state index in [1.54, 1.807) is 0 Å². The summed E-state index contributed by atoms with van der Waals surface area (Å²) in [6, 6.07) is 3.46. The van der Waals surface area contributed by atoms with Crippen molar-refractivity contribution >= 4 is 0 Å². The quantitative estimate of drug-likeness (QED) is 0.180. The molecule has 0 unspecified atom stereocenters. The van der Waals surface area contributed by atoms with Gasteiger partial charge in [-0.25, -0.2) is 0 Å². The standard InChI is InChI=1S/C36H41.C8H15.W/c1-14-32-24(6)26(8)34(27(9)25(32)7)17-18-36-30(12)28(10)35(29(11)31(36)13)16-15-33-22(4)20(2)19-21(3)23(33)5;1-2-8-6-4-3-5-7-8;/h14H2,1-13H3;3,8H,2,4-7H2,1H3;/q2*-1;+2. The van der Waals surface area contributed by atoms with Gasteiger partial charge in [-0.15, -0.1) is 11.1 Å². The van der Waals surface area contributed by atoms with Gasteiger partial charge in [-0.05, 0) is 118 Å². The molecule has 0 aromatic heterocycles. The molecule has 0 atom stereocenters. The molecular weight excluding hydrogens is 712 g/mol. The molecule has 0 aliphatic heterocycles. The topological polar surface area (TPSA) is 0 Å². The Balaban J connectivity index is 0.000000681. The Morgan fingerprint density at radius 1 is 0.511 bits per heavy atom. The van der Waals surface area contributed by atoms with Crippen LogP contribution in [0.2, 0.25) is 0 Å². The SMILES string of the molecule is CCC1CC[CH-]CC1.CCc1c(C)c(C)c(C#Cc2c(C)c(C)c(C#Cc3c(C)c(C)[c-]c(C)c3C)c(C)c2C)c(C)c1C.[W+2]. The molecule has 0 heterocycles. The van der Waals surface area contributed by atoms with E-state index in [0.717, 1.165) is 29.0 Å². The minimum Gasteiger partial charge on any atom is -0.328 e. The number of hydrogen-bond donors (Lipinski definition) is 0. The van der Waals surface area contributed by atoms with Crippen LogP contribution < -0.4 is 0 Å². The van der Waals surface area contributed by atoms with Crippen molar-refractivity contribution in [3.05, 3.63) is 107 Å². The van der Waals surface area contributed by atoms with Gasteiger partial charge in [0, 0.05) is 16.7 Å². The van der Waals surface area contributed by atoms with E-state index in [1.807, 2.05) is 0 Å². The first-order chi connectivity index (χ1) is 20.8. The van der Waals surface area contributed by atoms with Gasteiger partial charge in [-0.3, -0.25) is 0 Å². The van der Waals surface area contributed by atoms with Crippen molar-refractivity contribution in [2.75, 3.05) is 0 Å². The first kappa shape index (κ1) is 38.7. The van der Waals surface area contributed by atoms with Crippen LogP contribution in [0.25, 0.3) is 0 Å². The molecule has 0 saturated heterocycles. The molecule has 0 radical (unpaired) electrons. The van der Waals surface area contributed by atoms with Crippen molar-refractivity contribution in [3.63, 3.8) is 0 Å². The zero-order chi connectivity index (χ0) is 32.9. The number of benzene rings is 3. The molecule has 238 valence electrons. The first-order valence-electron chi connectivity index (χ1n) is 16.8. The Hall–Kier alpha value is -2.53. The van der Waals surface area contributed by atoms with Gasteiger partial charge in [0.15, 0.2) is 0 Å². The van der Waals surface area contributed by atoms with Crippen molar-refractivity contribution < 1.29 is 21.1 Å². The van der Waals surface area contributed by atoms with E-state index in [-0.39, 0.29) is 21.1 Å². The Bertz CT molecular complexity index is 1580. The van der Waals surface area contributed by atoms with E-state index >= 15 is 0 Å². The third kappa shape index (κ3) is 8.44. The number of hydrogen-bond acceptors (Lipinski definition) is 0. The monoisotopic (exact) mass is 768 g/mol. The molecule has 45 heavy (non-hydrogen) atoms. The second-order valence-electron chi connectivity index (χ2n) is 13.2. The molecule has 3 aromatic rings. The zero-order valence-corrected chi connectivity index (χ0v) is 33.7. The molecule has 0 N–H and O–H groups in total. The van der Waals surface area contributed by atoms with E-state index in [1.165, 1.54) is 110 Å². The summed E-state index contributed by atoms with van der Waals surface area (Å²) in [6.07, 6.45) is 10.5. The van der Waals surface area contributed by atoms with Crippen LogP contribution in [0.4, 0.5) is 0 Å². The van der Waals surface area contributed by atoms with Gasteiger partial charge >= 0.3 is 21.1 Å². The van der Waals surface area contributed by atoms with Gasteiger partial charge in [0.1, 0.15) is 0 Å². The van der Waals surface area contributed by atoms with Crippen molar-refractivity contribution in [2.45, 2.75) is 135 Å². The Kier molecular flexibility index (Phi) is 14.5. The molecule has 1 saturated carbocycles. The summed E-state index contributed by atoms with van der Waals surface area (Å²) in [5, 5.41) is 0. The van der Waals surface area contributed by atoms with Gasteiger partial charge in [0.05, 0.1) is 0 Å². The fraction of sp³-hybridized carbons (Fsp3) is 0.477. The van der Waals surface area contributed by atoms with E-state index in [0.29, 0.717) is 0 Å². The predicted molar refractivity (Wildman–Crippen MR) is 193 cm³/mol. The molecule has 4 rings (SSSR count). The number of aryl methyl sites for hydroxylation is 2. The minimum absolute atomic E-state index is 0. The second kappa shape index (κ2) is 16.9. The zero-order valence-electron chi connectivity index (χ0n) is 30.8. The molecule has 0 bridgehead atoms. The van der Waals surface area contributed by atoms with Gasteiger partial charge < -0.3 is 6.42 Å². The van der Waals surface area contributed by atoms with Crippen molar-refractivity contribution in [3.8, 4) is 23.7 Å².